The Kier molecular flexibility index (Phi) is 4.25. The van der Waals surface area contributed by atoms with Crippen molar-refractivity contribution in [1.82, 2.24) is 4.90 Å². The minimum atomic E-state index is -0.715. The second-order valence-electron chi connectivity index (χ2n) is 5.00. The van der Waals surface area contributed by atoms with Crippen LogP contribution in [0.15, 0.2) is 0 Å². The van der Waals surface area contributed by atoms with Crippen molar-refractivity contribution >= 4 is 5.78 Å². The van der Waals surface area contributed by atoms with Crippen molar-refractivity contribution in [3.8, 4) is 0 Å². The maximum absolute atomic E-state index is 11.5. The number of hydrogen-bond acceptors (Lipinski definition) is 4. The van der Waals surface area contributed by atoms with Crippen molar-refractivity contribution in [3.63, 3.8) is 0 Å². The van der Waals surface area contributed by atoms with E-state index in [1.54, 1.807) is 13.8 Å². The Morgan fingerprint density at radius 3 is 2.80 bits per heavy atom. The smallest absolute Gasteiger partial charge is 0.141 e. The third-order valence-corrected chi connectivity index (χ3v) is 2.46. The van der Waals surface area contributed by atoms with Crippen molar-refractivity contribution in [1.29, 1.82) is 0 Å². The van der Waals surface area contributed by atoms with Gasteiger partial charge in [0.15, 0.2) is 0 Å². The molecular weight excluding hydrogens is 194 g/mol. The Labute approximate surface area is 91.2 Å². The third-order valence-electron chi connectivity index (χ3n) is 2.46. The molecule has 1 unspecified atom stereocenters. The minimum Gasteiger partial charge on any atom is -0.389 e. The van der Waals surface area contributed by atoms with E-state index in [2.05, 4.69) is 0 Å². The van der Waals surface area contributed by atoms with E-state index in [9.17, 15) is 9.90 Å². The van der Waals surface area contributed by atoms with E-state index in [4.69, 9.17) is 4.74 Å². The van der Waals surface area contributed by atoms with Crippen molar-refractivity contribution in [2.45, 2.75) is 25.9 Å². The molecule has 88 valence electrons. The Morgan fingerprint density at radius 2 is 2.27 bits per heavy atom. The van der Waals surface area contributed by atoms with Crippen LogP contribution in [0.3, 0.4) is 0 Å². The molecule has 4 nitrogen and oxygen atoms in total. The number of likely N-dealkylation sites (N-methyl/N-ethyl adjacent to an activating group) is 1. The van der Waals surface area contributed by atoms with Gasteiger partial charge in [-0.3, -0.25) is 4.79 Å². The molecule has 4 heteroatoms. The summed E-state index contributed by atoms with van der Waals surface area (Å²) in [5.41, 5.74) is -0.715. The van der Waals surface area contributed by atoms with Crippen molar-refractivity contribution in [2.24, 2.45) is 5.92 Å². The fraction of sp³-hybridized carbons (Fsp3) is 0.909. The van der Waals surface area contributed by atoms with E-state index in [-0.39, 0.29) is 11.7 Å². The Morgan fingerprint density at radius 1 is 1.60 bits per heavy atom. The molecule has 0 radical (unpaired) electrons. The normalized spacial score (nSPS) is 23.5. The molecule has 1 aliphatic rings. The Hall–Kier alpha value is -0.450. The predicted octanol–water partition coefficient (Wildman–Crippen LogP) is 0.295. The van der Waals surface area contributed by atoms with Gasteiger partial charge in [-0.25, -0.2) is 0 Å². The van der Waals surface area contributed by atoms with Gasteiger partial charge in [0, 0.05) is 19.5 Å². The lowest BCUT2D eigenvalue weighted by Gasteiger charge is -2.29. The maximum atomic E-state index is 11.5. The molecule has 1 heterocycles. The van der Waals surface area contributed by atoms with Gasteiger partial charge < -0.3 is 14.7 Å². The molecular formula is C11H21NO3. The maximum Gasteiger partial charge on any atom is 0.141 e. The van der Waals surface area contributed by atoms with Crippen LogP contribution in [-0.2, 0) is 9.53 Å². The first-order valence-electron chi connectivity index (χ1n) is 5.40. The van der Waals surface area contributed by atoms with Crippen LogP contribution < -0.4 is 0 Å². The molecule has 0 aromatic heterocycles. The summed E-state index contributed by atoms with van der Waals surface area (Å²) in [6, 6.07) is 0. The van der Waals surface area contributed by atoms with Crippen LogP contribution in [0.2, 0.25) is 0 Å². The lowest BCUT2D eigenvalue weighted by Crippen LogP contribution is -2.42. The lowest BCUT2D eigenvalue weighted by atomic mass is 9.99. The zero-order valence-corrected chi connectivity index (χ0v) is 9.82. The van der Waals surface area contributed by atoms with E-state index in [1.807, 2.05) is 11.9 Å². The molecule has 1 aliphatic heterocycles. The monoisotopic (exact) mass is 215 g/mol. The number of ether oxygens (including phenoxy) is 1. The first-order chi connectivity index (χ1) is 6.88. The molecule has 1 N–H and O–H groups in total. The standard InChI is InChI=1S/C11H21NO3/c1-11(2,14)8-12(3)6-9-7-15-5-4-10(9)13/h9,14H,4-8H2,1-3H3. The zero-order chi connectivity index (χ0) is 11.5. The van der Waals surface area contributed by atoms with Gasteiger partial charge in [0.1, 0.15) is 5.78 Å². The summed E-state index contributed by atoms with van der Waals surface area (Å²) in [5, 5.41) is 9.63. The first kappa shape index (κ1) is 12.6. The van der Waals surface area contributed by atoms with Crippen molar-refractivity contribution in [3.05, 3.63) is 0 Å². The highest BCUT2D eigenvalue weighted by atomic mass is 16.5. The molecule has 15 heavy (non-hydrogen) atoms. The summed E-state index contributed by atoms with van der Waals surface area (Å²) in [6.45, 7) is 5.85. The van der Waals surface area contributed by atoms with E-state index in [1.165, 1.54) is 0 Å². The Balaban J connectivity index is 2.36. The fourth-order valence-corrected chi connectivity index (χ4v) is 1.95. The van der Waals surface area contributed by atoms with Crippen LogP contribution in [-0.4, -0.2) is 54.7 Å². The van der Waals surface area contributed by atoms with Gasteiger partial charge in [-0.2, -0.15) is 0 Å². The van der Waals surface area contributed by atoms with E-state index < -0.39 is 5.60 Å². The molecule has 1 fully saturated rings. The summed E-state index contributed by atoms with van der Waals surface area (Å²) in [7, 11) is 1.92. The minimum absolute atomic E-state index is 0.0221. The molecule has 0 aromatic carbocycles. The van der Waals surface area contributed by atoms with Gasteiger partial charge >= 0.3 is 0 Å². The zero-order valence-electron chi connectivity index (χ0n) is 9.82. The van der Waals surface area contributed by atoms with Gasteiger partial charge in [0.05, 0.1) is 24.7 Å². The molecule has 0 aromatic rings. The highest BCUT2D eigenvalue weighted by molar-refractivity contribution is 5.82. The molecule has 0 aliphatic carbocycles. The summed E-state index contributed by atoms with van der Waals surface area (Å²) < 4.78 is 5.27. The van der Waals surface area contributed by atoms with Gasteiger partial charge in [-0.1, -0.05) is 0 Å². The van der Waals surface area contributed by atoms with Crippen LogP contribution in [0.1, 0.15) is 20.3 Å². The van der Waals surface area contributed by atoms with Gasteiger partial charge in [0.25, 0.3) is 0 Å². The van der Waals surface area contributed by atoms with Gasteiger partial charge in [0.2, 0.25) is 0 Å². The Bertz CT molecular complexity index is 222. The highest BCUT2D eigenvalue weighted by Crippen LogP contribution is 2.12. The third kappa shape index (κ3) is 4.73. The SMILES string of the molecule is CN(CC1COCCC1=O)CC(C)(C)O. The second-order valence-corrected chi connectivity index (χ2v) is 5.00. The number of aliphatic hydroxyl groups is 1. The van der Waals surface area contributed by atoms with E-state index in [0.29, 0.717) is 32.7 Å². The van der Waals surface area contributed by atoms with Crippen LogP contribution in [0.5, 0.6) is 0 Å². The summed E-state index contributed by atoms with van der Waals surface area (Å²) in [5.74, 6) is 0.259. The summed E-state index contributed by atoms with van der Waals surface area (Å²) in [4.78, 5) is 13.5. The molecule has 1 atom stereocenters. The topological polar surface area (TPSA) is 49.8 Å². The molecule has 0 spiro atoms. The van der Waals surface area contributed by atoms with Crippen molar-refractivity contribution in [2.75, 3.05) is 33.4 Å². The van der Waals surface area contributed by atoms with Gasteiger partial charge in [-0.05, 0) is 20.9 Å². The summed E-state index contributed by atoms with van der Waals surface area (Å²) in [6.07, 6.45) is 0.529. The molecule has 0 amide bonds. The molecule has 0 bridgehead atoms. The fourth-order valence-electron chi connectivity index (χ4n) is 1.95. The number of nitrogens with zero attached hydrogens (tertiary/aromatic N) is 1. The molecule has 0 saturated carbocycles. The first-order valence-corrected chi connectivity index (χ1v) is 5.40. The van der Waals surface area contributed by atoms with E-state index in [0.717, 1.165) is 0 Å². The highest BCUT2D eigenvalue weighted by Gasteiger charge is 2.25. The average Bonchev–Trinajstić information content (AvgIpc) is 2.05. The number of ketones is 1. The number of carbonyl (C=O) groups is 1. The predicted molar refractivity (Wildman–Crippen MR) is 57.7 cm³/mol. The summed E-state index contributed by atoms with van der Waals surface area (Å²) >= 11 is 0. The van der Waals surface area contributed by atoms with Crippen LogP contribution in [0.4, 0.5) is 0 Å². The quantitative estimate of drug-likeness (QED) is 0.732. The number of hydrogen-bond donors (Lipinski definition) is 1. The van der Waals surface area contributed by atoms with Crippen molar-refractivity contribution < 1.29 is 14.6 Å². The molecule has 1 rings (SSSR count). The van der Waals surface area contributed by atoms with E-state index >= 15 is 0 Å². The number of carbonyl (C=O) groups excluding carboxylic acids is 1. The lowest BCUT2D eigenvalue weighted by molar-refractivity contribution is -0.131. The van der Waals surface area contributed by atoms with Crippen LogP contribution in [0.25, 0.3) is 0 Å². The average molecular weight is 215 g/mol. The van der Waals surface area contributed by atoms with Gasteiger partial charge in [-0.15, -0.1) is 0 Å². The second kappa shape index (κ2) is 5.05. The number of Topliss-reactive ketones (excluding diaryl/α,β-unsaturated/α-hetero) is 1. The largest absolute Gasteiger partial charge is 0.389 e. The number of rotatable bonds is 4. The molecule has 1 saturated heterocycles. The van der Waals surface area contributed by atoms with Crippen LogP contribution >= 0.6 is 0 Å². The van der Waals surface area contributed by atoms with Crippen LogP contribution in [0, 0.1) is 5.92 Å².